The predicted octanol–water partition coefficient (Wildman–Crippen LogP) is 3.32. The fraction of sp³-hybridized carbons (Fsp3) is 0.444. The number of aromatic nitrogens is 2. The summed E-state index contributed by atoms with van der Waals surface area (Å²) in [6.45, 7) is 2.77. The van der Waals surface area contributed by atoms with Gasteiger partial charge in [-0.15, -0.1) is 9.81 Å². The number of alkyl halides is 1. The van der Waals surface area contributed by atoms with Gasteiger partial charge in [0.15, 0.2) is 0 Å². The fourth-order valence-corrected chi connectivity index (χ4v) is 6.37. The number of halogens is 1. The van der Waals surface area contributed by atoms with Crippen LogP contribution in [0, 0.1) is 9.81 Å². The number of aliphatic hydroxyl groups is 1. The zero-order valence-electron chi connectivity index (χ0n) is 22.7. The van der Waals surface area contributed by atoms with Gasteiger partial charge in [0.25, 0.3) is 0 Å². The van der Waals surface area contributed by atoms with E-state index in [9.17, 15) is 27.7 Å². The molecule has 2 aliphatic heterocycles. The molecule has 0 saturated carbocycles. The molecular weight excluding hydrogens is 553 g/mol. The molecule has 3 aromatic rings. The van der Waals surface area contributed by atoms with Crippen LogP contribution in [-0.2, 0) is 36.2 Å². The third kappa shape index (κ3) is 6.20. The normalized spacial score (nSPS) is 17.3. The molecule has 0 amide bonds. The van der Waals surface area contributed by atoms with Crippen LogP contribution in [0.25, 0.3) is 11.3 Å². The van der Waals surface area contributed by atoms with Crippen LogP contribution in [0.3, 0.4) is 0 Å². The second-order valence-corrected chi connectivity index (χ2v) is 12.4. The molecule has 0 bridgehead atoms. The minimum absolute atomic E-state index is 0.170. The van der Waals surface area contributed by atoms with Crippen molar-refractivity contribution in [3.63, 3.8) is 0 Å². The first-order valence-corrected chi connectivity index (χ1v) is 15.2. The van der Waals surface area contributed by atoms with E-state index in [2.05, 4.69) is 15.3 Å². The molecule has 0 radical (unpaired) electrons. The Kier molecular flexibility index (Phi) is 8.54. The van der Waals surface area contributed by atoms with E-state index in [1.165, 1.54) is 10.6 Å². The van der Waals surface area contributed by atoms with Crippen molar-refractivity contribution in [1.82, 2.24) is 19.0 Å². The molecule has 1 saturated heterocycles. The molecule has 0 aliphatic carbocycles. The van der Waals surface area contributed by atoms with Gasteiger partial charge in [-0.3, -0.25) is 9.58 Å². The zero-order chi connectivity index (χ0) is 29.1. The molecule has 218 valence electrons. The number of fused-ring (bicyclic) bond motifs is 1. The maximum atomic E-state index is 13.1. The Morgan fingerprint density at radius 1 is 0.976 bits per heavy atom. The van der Waals surface area contributed by atoms with Crippen molar-refractivity contribution in [1.29, 1.82) is 0 Å². The topological polar surface area (TPSA) is 141 Å². The SMILES string of the molecule is CS(=O)(=O)N1CCc2c(c(-c3ccc(CF)cc3)nn2CC(O)CN2CCN(c3c(N=O)cccc3N=O)CC2)C1. The minimum Gasteiger partial charge on any atom is -0.390 e. The van der Waals surface area contributed by atoms with Crippen LogP contribution in [0.2, 0.25) is 0 Å². The Bertz CT molecular complexity index is 1500. The molecule has 1 N–H and O–H groups in total. The summed E-state index contributed by atoms with van der Waals surface area (Å²) in [5, 5.41) is 21.9. The summed E-state index contributed by atoms with van der Waals surface area (Å²) in [5.74, 6) is 0. The van der Waals surface area contributed by atoms with Crippen molar-refractivity contribution < 1.29 is 17.9 Å². The number of β-amino-alcohol motifs (C(OH)–C–C–N with tert-alkyl or cyclic N) is 1. The number of aliphatic hydroxyl groups excluding tert-OH is 1. The lowest BCUT2D eigenvalue weighted by Crippen LogP contribution is -2.49. The van der Waals surface area contributed by atoms with E-state index in [1.807, 2.05) is 4.90 Å². The first-order chi connectivity index (χ1) is 19.7. The molecule has 41 heavy (non-hydrogen) atoms. The second-order valence-electron chi connectivity index (χ2n) is 10.4. The first kappa shape index (κ1) is 28.9. The van der Waals surface area contributed by atoms with Crippen molar-refractivity contribution in [2.75, 3.05) is 50.4 Å². The molecule has 1 atom stereocenters. The van der Waals surface area contributed by atoms with Crippen LogP contribution in [0.15, 0.2) is 52.8 Å². The van der Waals surface area contributed by atoms with Gasteiger partial charge in [0.05, 0.1) is 30.3 Å². The third-order valence-electron chi connectivity index (χ3n) is 7.68. The largest absolute Gasteiger partial charge is 0.390 e. The predicted molar refractivity (Wildman–Crippen MR) is 153 cm³/mol. The van der Waals surface area contributed by atoms with Crippen molar-refractivity contribution in [2.45, 2.75) is 32.3 Å². The average molecular weight is 586 g/mol. The average Bonchev–Trinajstić information content (AvgIpc) is 3.34. The highest BCUT2D eigenvalue weighted by atomic mass is 32.2. The number of anilines is 1. The number of benzene rings is 2. The number of rotatable bonds is 10. The van der Waals surface area contributed by atoms with E-state index in [0.29, 0.717) is 62.6 Å². The molecule has 14 heteroatoms. The number of para-hydroxylation sites is 1. The molecule has 12 nitrogen and oxygen atoms in total. The smallest absolute Gasteiger partial charge is 0.211 e. The van der Waals surface area contributed by atoms with Crippen molar-refractivity contribution in [3.05, 3.63) is 69.1 Å². The Hall–Kier alpha value is -3.59. The van der Waals surface area contributed by atoms with E-state index < -0.39 is 22.8 Å². The fourth-order valence-electron chi connectivity index (χ4n) is 5.58. The van der Waals surface area contributed by atoms with E-state index >= 15 is 0 Å². The van der Waals surface area contributed by atoms with Crippen LogP contribution in [0.1, 0.15) is 16.8 Å². The summed E-state index contributed by atoms with van der Waals surface area (Å²) in [6.07, 6.45) is 0.892. The molecule has 0 spiro atoms. The highest BCUT2D eigenvalue weighted by Crippen LogP contribution is 2.38. The zero-order valence-corrected chi connectivity index (χ0v) is 23.5. The van der Waals surface area contributed by atoms with Gasteiger partial charge in [0.2, 0.25) is 10.0 Å². The van der Waals surface area contributed by atoms with Gasteiger partial charge in [0, 0.05) is 69.1 Å². The number of nitroso groups, excluding NO2 is 2. The maximum absolute atomic E-state index is 13.1. The molecule has 2 aliphatic rings. The van der Waals surface area contributed by atoms with Gasteiger partial charge >= 0.3 is 0 Å². The molecular formula is C27H32FN7O5S. The van der Waals surface area contributed by atoms with Crippen molar-refractivity contribution >= 4 is 27.1 Å². The third-order valence-corrected chi connectivity index (χ3v) is 8.93. The molecule has 3 heterocycles. The number of hydrogen-bond acceptors (Lipinski definition) is 10. The van der Waals surface area contributed by atoms with Crippen LogP contribution >= 0.6 is 0 Å². The quantitative estimate of drug-likeness (QED) is 0.358. The summed E-state index contributed by atoms with van der Waals surface area (Å²) < 4.78 is 40.8. The van der Waals surface area contributed by atoms with E-state index in [1.54, 1.807) is 47.1 Å². The van der Waals surface area contributed by atoms with Gasteiger partial charge in [-0.2, -0.15) is 9.40 Å². The molecule has 1 fully saturated rings. The number of hydrogen-bond donors (Lipinski definition) is 1. The van der Waals surface area contributed by atoms with E-state index in [-0.39, 0.29) is 24.5 Å². The van der Waals surface area contributed by atoms with Gasteiger partial charge in [-0.05, 0) is 28.0 Å². The van der Waals surface area contributed by atoms with E-state index in [0.717, 1.165) is 16.8 Å². The standard InChI is InChI=1S/C27H32FN7O5S/c1-41(39,40)34-10-9-25-22(18-34)26(20-7-5-19(15-28)6-8-20)29-35(25)17-21(36)16-32-11-13-33(14-12-32)27-23(30-37)3-2-4-24(27)31-38/h2-8,21,36H,9-18H2,1H3. The number of nitrogens with zero attached hydrogens (tertiary/aromatic N) is 7. The van der Waals surface area contributed by atoms with Crippen molar-refractivity contribution in [3.8, 4) is 11.3 Å². The van der Waals surface area contributed by atoms with Gasteiger partial charge in [-0.1, -0.05) is 30.3 Å². The van der Waals surface area contributed by atoms with Crippen LogP contribution < -0.4 is 4.90 Å². The summed E-state index contributed by atoms with van der Waals surface area (Å²) in [4.78, 5) is 26.6. The van der Waals surface area contributed by atoms with Crippen LogP contribution in [0.4, 0.5) is 21.5 Å². The Balaban J connectivity index is 1.30. The molecule has 2 aromatic carbocycles. The van der Waals surface area contributed by atoms with Gasteiger partial charge < -0.3 is 10.0 Å². The van der Waals surface area contributed by atoms with E-state index in [4.69, 9.17) is 5.10 Å². The Morgan fingerprint density at radius 2 is 1.63 bits per heavy atom. The first-order valence-electron chi connectivity index (χ1n) is 13.4. The Morgan fingerprint density at radius 3 is 2.22 bits per heavy atom. The highest BCUT2D eigenvalue weighted by Gasteiger charge is 2.31. The van der Waals surface area contributed by atoms with Crippen LogP contribution in [-0.4, -0.2) is 84.1 Å². The van der Waals surface area contributed by atoms with Gasteiger partial charge in [0.1, 0.15) is 18.0 Å². The molecule has 1 unspecified atom stereocenters. The summed E-state index contributed by atoms with van der Waals surface area (Å²) >= 11 is 0. The highest BCUT2D eigenvalue weighted by molar-refractivity contribution is 7.88. The summed E-state index contributed by atoms with van der Waals surface area (Å²) in [7, 11) is -3.40. The molecule has 5 rings (SSSR count). The monoisotopic (exact) mass is 585 g/mol. The maximum Gasteiger partial charge on any atom is 0.211 e. The second kappa shape index (κ2) is 12.1. The lowest BCUT2D eigenvalue weighted by atomic mass is 10.0. The lowest BCUT2D eigenvalue weighted by molar-refractivity contribution is 0.0911. The van der Waals surface area contributed by atoms with Crippen molar-refractivity contribution in [2.24, 2.45) is 10.4 Å². The van der Waals surface area contributed by atoms with Crippen LogP contribution in [0.5, 0.6) is 0 Å². The summed E-state index contributed by atoms with van der Waals surface area (Å²) in [6, 6.07) is 11.6. The summed E-state index contributed by atoms with van der Waals surface area (Å²) in [5.41, 5.74) is 4.36. The van der Waals surface area contributed by atoms with Gasteiger partial charge in [-0.25, -0.2) is 12.8 Å². The Labute approximate surface area is 237 Å². The number of piperazine rings is 1. The minimum atomic E-state index is -3.40. The lowest BCUT2D eigenvalue weighted by Gasteiger charge is -2.37. The molecule has 1 aromatic heterocycles. The number of sulfonamides is 1.